The lowest BCUT2D eigenvalue weighted by atomic mass is 10.3. The molecule has 0 amide bonds. The Morgan fingerprint density at radius 2 is 1.92 bits per heavy atom. The van der Waals surface area contributed by atoms with E-state index >= 15 is 0 Å². The highest BCUT2D eigenvalue weighted by Crippen LogP contribution is 2.28. The lowest BCUT2D eigenvalue weighted by molar-refractivity contribution is -0.141. The second-order valence-electron chi connectivity index (χ2n) is 2.21. The van der Waals surface area contributed by atoms with Crippen molar-refractivity contribution in [1.82, 2.24) is 4.98 Å². The van der Waals surface area contributed by atoms with Crippen LogP contribution in [-0.2, 0) is 6.18 Å². The Balaban J connectivity index is 3.38. The van der Waals surface area contributed by atoms with Crippen LogP contribution in [0.15, 0.2) is 10.9 Å². The molecule has 7 heteroatoms. The molecule has 0 aromatic carbocycles. The van der Waals surface area contributed by atoms with Gasteiger partial charge >= 0.3 is 6.18 Å². The lowest BCUT2D eigenvalue weighted by Gasteiger charge is -2.05. The number of H-pyrrole nitrogens is 1. The number of hydrogen-bond acceptors (Lipinski definition) is 2. The summed E-state index contributed by atoms with van der Waals surface area (Å²) in [5.74, 6) is -2.95. The number of pyridine rings is 1. The van der Waals surface area contributed by atoms with Gasteiger partial charge in [0.15, 0.2) is 5.75 Å². The van der Waals surface area contributed by atoms with Gasteiger partial charge in [0.25, 0.3) is 5.56 Å². The maximum absolute atomic E-state index is 12.3. The lowest BCUT2D eigenvalue weighted by Crippen LogP contribution is -2.18. The summed E-state index contributed by atoms with van der Waals surface area (Å²) in [4.78, 5) is 11.7. The zero-order valence-corrected chi connectivity index (χ0v) is 5.94. The third-order valence-corrected chi connectivity index (χ3v) is 1.26. The molecule has 0 radical (unpaired) electrons. The van der Waals surface area contributed by atoms with E-state index in [1.54, 1.807) is 0 Å². The van der Waals surface area contributed by atoms with E-state index in [-0.39, 0.29) is 6.07 Å². The highest BCUT2D eigenvalue weighted by Gasteiger charge is 2.33. The fourth-order valence-electron chi connectivity index (χ4n) is 0.682. The number of alkyl halides is 3. The number of aromatic amines is 1. The van der Waals surface area contributed by atoms with Crippen molar-refractivity contribution in [3.8, 4) is 5.75 Å². The van der Waals surface area contributed by atoms with Gasteiger partial charge in [0.2, 0.25) is 5.82 Å². The van der Waals surface area contributed by atoms with Crippen LogP contribution < -0.4 is 5.56 Å². The first kappa shape index (κ1) is 9.56. The monoisotopic (exact) mass is 197 g/mol. The predicted octanol–water partition coefficient (Wildman–Crippen LogP) is 1.24. The molecular weight excluding hydrogens is 194 g/mol. The van der Waals surface area contributed by atoms with Crippen LogP contribution in [0.4, 0.5) is 17.6 Å². The van der Waals surface area contributed by atoms with Gasteiger partial charge < -0.3 is 10.1 Å². The summed E-state index contributed by atoms with van der Waals surface area (Å²) in [5.41, 5.74) is -3.09. The first-order valence-electron chi connectivity index (χ1n) is 3.01. The molecule has 2 N–H and O–H groups in total. The Hall–Kier alpha value is -1.53. The van der Waals surface area contributed by atoms with E-state index < -0.39 is 29.0 Å². The molecule has 0 aliphatic carbocycles. The van der Waals surface area contributed by atoms with Crippen LogP contribution in [0.5, 0.6) is 5.75 Å². The van der Waals surface area contributed by atoms with Gasteiger partial charge in [-0.15, -0.1) is 0 Å². The highest BCUT2D eigenvalue weighted by molar-refractivity contribution is 5.24. The van der Waals surface area contributed by atoms with Crippen LogP contribution in [-0.4, -0.2) is 10.1 Å². The van der Waals surface area contributed by atoms with Gasteiger partial charge in [-0.2, -0.15) is 17.6 Å². The van der Waals surface area contributed by atoms with Crippen molar-refractivity contribution in [3.63, 3.8) is 0 Å². The average molecular weight is 197 g/mol. The summed E-state index contributed by atoms with van der Waals surface area (Å²) in [6, 6.07) is 0.108. The molecule has 1 heterocycles. The van der Waals surface area contributed by atoms with E-state index in [1.807, 2.05) is 0 Å². The fraction of sp³-hybridized carbons (Fsp3) is 0.167. The molecular formula is C6H3F4NO2. The van der Waals surface area contributed by atoms with Crippen LogP contribution in [0.25, 0.3) is 0 Å². The number of nitrogens with one attached hydrogen (secondary N) is 1. The van der Waals surface area contributed by atoms with Gasteiger partial charge in [0.1, 0.15) is 5.69 Å². The van der Waals surface area contributed by atoms with Crippen LogP contribution in [0, 0.1) is 5.82 Å². The quantitative estimate of drug-likeness (QED) is 0.614. The minimum absolute atomic E-state index is 0.108. The van der Waals surface area contributed by atoms with Crippen molar-refractivity contribution >= 4 is 0 Å². The third kappa shape index (κ3) is 1.79. The van der Waals surface area contributed by atoms with E-state index in [0.717, 1.165) is 0 Å². The minimum Gasteiger partial charge on any atom is -0.505 e. The Morgan fingerprint density at radius 3 is 2.31 bits per heavy atom. The van der Waals surface area contributed by atoms with Gasteiger partial charge in [0.05, 0.1) is 0 Å². The number of aromatic hydroxyl groups is 1. The van der Waals surface area contributed by atoms with E-state index in [2.05, 4.69) is 0 Å². The SMILES string of the molecule is O=c1[nH]c(C(F)(F)F)cc(O)c1F. The van der Waals surface area contributed by atoms with Crippen molar-refractivity contribution in [3.05, 3.63) is 27.9 Å². The highest BCUT2D eigenvalue weighted by atomic mass is 19.4. The van der Waals surface area contributed by atoms with Crippen LogP contribution in [0.3, 0.4) is 0 Å². The first-order chi connectivity index (χ1) is 5.82. The molecule has 0 bridgehead atoms. The number of hydrogen-bond donors (Lipinski definition) is 2. The minimum atomic E-state index is -4.82. The summed E-state index contributed by atoms with van der Waals surface area (Å²) in [6.07, 6.45) is -4.82. The topological polar surface area (TPSA) is 53.1 Å². The Kier molecular flexibility index (Phi) is 2.02. The summed E-state index contributed by atoms with van der Waals surface area (Å²) in [5, 5.41) is 8.55. The Labute approximate surface area is 68.6 Å². The van der Waals surface area contributed by atoms with Crippen molar-refractivity contribution in [2.75, 3.05) is 0 Å². The molecule has 1 rings (SSSR count). The zero-order valence-electron chi connectivity index (χ0n) is 5.94. The molecule has 1 aromatic heterocycles. The van der Waals surface area contributed by atoms with Crippen molar-refractivity contribution < 1.29 is 22.7 Å². The number of aromatic nitrogens is 1. The molecule has 0 aliphatic heterocycles. The van der Waals surface area contributed by atoms with Gasteiger partial charge in [-0.1, -0.05) is 0 Å². The standard InChI is InChI=1S/C6H3F4NO2/c7-4-2(12)1-3(6(8,9)10)11-5(4)13/h1H,(H2,11,12,13). The number of rotatable bonds is 0. The average Bonchev–Trinajstić information content (AvgIpc) is 1.97. The van der Waals surface area contributed by atoms with Crippen molar-refractivity contribution in [2.45, 2.75) is 6.18 Å². The van der Waals surface area contributed by atoms with Crippen molar-refractivity contribution in [1.29, 1.82) is 0 Å². The third-order valence-electron chi connectivity index (χ3n) is 1.26. The predicted molar refractivity (Wildman–Crippen MR) is 33.7 cm³/mol. The van der Waals surface area contributed by atoms with Crippen LogP contribution >= 0.6 is 0 Å². The molecule has 0 spiro atoms. The normalized spacial score (nSPS) is 11.7. The zero-order chi connectivity index (χ0) is 10.2. The smallest absolute Gasteiger partial charge is 0.431 e. The second-order valence-corrected chi connectivity index (χ2v) is 2.21. The van der Waals surface area contributed by atoms with Crippen molar-refractivity contribution in [2.24, 2.45) is 0 Å². The number of halogens is 4. The molecule has 0 fully saturated rings. The second kappa shape index (κ2) is 2.75. The molecule has 0 unspecified atom stereocenters. The van der Waals surface area contributed by atoms with E-state index in [9.17, 15) is 22.4 Å². The molecule has 3 nitrogen and oxygen atoms in total. The molecule has 0 saturated carbocycles. The first-order valence-corrected chi connectivity index (χ1v) is 3.01. The maximum Gasteiger partial charge on any atom is 0.431 e. The summed E-state index contributed by atoms with van der Waals surface area (Å²) in [6.45, 7) is 0. The molecule has 0 aliphatic rings. The Morgan fingerprint density at radius 1 is 1.38 bits per heavy atom. The van der Waals surface area contributed by atoms with E-state index in [4.69, 9.17) is 5.11 Å². The summed E-state index contributed by atoms with van der Waals surface area (Å²) in [7, 11) is 0. The van der Waals surface area contributed by atoms with Gasteiger partial charge in [-0.05, 0) is 0 Å². The molecule has 0 atom stereocenters. The van der Waals surface area contributed by atoms with Gasteiger partial charge in [-0.25, -0.2) is 0 Å². The van der Waals surface area contributed by atoms with Gasteiger partial charge in [0, 0.05) is 6.07 Å². The van der Waals surface area contributed by atoms with Gasteiger partial charge in [-0.3, -0.25) is 4.79 Å². The fourth-order valence-corrected chi connectivity index (χ4v) is 0.682. The molecule has 13 heavy (non-hydrogen) atoms. The summed E-state index contributed by atoms with van der Waals surface area (Å²) >= 11 is 0. The van der Waals surface area contributed by atoms with E-state index in [1.165, 1.54) is 4.98 Å². The van der Waals surface area contributed by atoms with Crippen LogP contribution in [0.1, 0.15) is 5.69 Å². The molecule has 0 saturated heterocycles. The molecule has 1 aromatic rings. The summed E-state index contributed by atoms with van der Waals surface area (Å²) < 4.78 is 48.0. The van der Waals surface area contributed by atoms with E-state index in [0.29, 0.717) is 0 Å². The largest absolute Gasteiger partial charge is 0.505 e. The maximum atomic E-state index is 12.3. The van der Waals surface area contributed by atoms with Crippen LogP contribution in [0.2, 0.25) is 0 Å². The Bertz CT molecular complexity index is 381. The molecule has 72 valence electrons.